The van der Waals surface area contributed by atoms with Gasteiger partial charge in [-0.3, -0.25) is 9.10 Å². The fraction of sp³-hybridized carbons (Fsp3) is 0.188. The number of hydrogen-bond donors (Lipinski definition) is 1. The van der Waals surface area contributed by atoms with Crippen LogP contribution in [0.5, 0.6) is 0 Å². The van der Waals surface area contributed by atoms with Gasteiger partial charge in [-0.2, -0.15) is 0 Å². The molecule has 2 aromatic carbocycles. The van der Waals surface area contributed by atoms with Gasteiger partial charge in [0.15, 0.2) is 0 Å². The van der Waals surface area contributed by atoms with Gasteiger partial charge >= 0.3 is 0 Å². The molecule has 0 bridgehead atoms. The molecule has 0 aliphatic carbocycles. The van der Waals surface area contributed by atoms with Crippen molar-refractivity contribution in [3.63, 3.8) is 0 Å². The zero-order valence-corrected chi connectivity index (χ0v) is 14.4. The molecule has 0 saturated carbocycles. The molecule has 5 nitrogen and oxygen atoms in total. The quantitative estimate of drug-likeness (QED) is 0.899. The first-order valence-electron chi connectivity index (χ1n) is 6.85. The molecule has 0 aliphatic rings. The van der Waals surface area contributed by atoms with E-state index < -0.39 is 15.9 Å². The number of halogens is 1. The molecule has 2 rings (SSSR count). The van der Waals surface area contributed by atoms with E-state index >= 15 is 0 Å². The third-order valence-corrected chi connectivity index (χ3v) is 4.50. The largest absolute Gasteiger partial charge is 0.325 e. The molecule has 0 radical (unpaired) electrons. The lowest BCUT2D eigenvalue weighted by Crippen LogP contribution is -2.37. The average molecular weight is 353 g/mol. The molecule has 0 atom stereocenters. The lowest BCUT2D eigenvalue weighted by molar-refractivity contribution is -0.114. The number of rotatable bonds is 5. The maximum absolute atomic E-state index is 12.2. The molecule has 0 aromatic heterocycles. The summed E-state index contributed by atoms with van der Waals surface area (Å²) in [5.74, 6) is -0.431. The zero-order chi connectivity index (χ0) is 17.0. The van der Waals surface area contributed by atoms with Gasteiger partial charge in [0.1, 0.15) is 6.54 Å². The molecular formula is C16H17ClN2O3S. The van der Waals surface area contributed by atoms with Gasteiger partial charge in [0.05, 0.1) is 11.9 Å². The maximum Gasteiger partial charge on any atom is 0.245 e. The van der Waals surface area contributed by atoms with E-state index in [1.54, 1.807) is 42.5 Å². The van der Waals surface area contributed by atoms with Gasteiger partial charge in [-0.1, -0.05) is 23.7 Å². The van der Waals surface area contributed by atoms with E-state index in [1.165, 1.54) is 0 Å². The second-order valence-electron chi connectivity index (χ2n) is 5.16. The minimum atomic E-state index is -3.58. The topological polar surface area (TPSA) is 66.5 Å². The van der Waals surface area contributed by atoms with E-state index in [1.807, 2.05) is 13.0 Å². The first-order chi connectivity index (χ1) is 10.8. The first kappa shape index (κ1) is 17.3. The van der Waals surface area contributed by atoms with Crippen LogP contribution in [-0.2, 0) is 14.8 Å². The molecule has 122 valence electrons. The second-order valence-corrected chi connectivity index (χ2v) is 7.51. The summed E-state index contributed by atoms with van der Waals surface area (Å²) in [7, 11) is -3.58. The number of nitrogens with zero attached hydrogens (tertiary/aromatic N) is 1. The summed E-state index contributed by atoms with van der Waals surface area (Å²) < 4.78 is 25.1. The Kier molecular flexibility index (Phi) is 5.28. The van der Waals surface area contributed by atoms with Gasteiger partial charge in [0.25, 0.3) is 0 Å². The number of hydrogen-bond acceptors (Lipinski definition) is 3. The summed E-state index contributed by atoms with van der Waals surface area (Å²) in [4.78, 5) is 12.2. The third-order valence-electron chi connectivity index (χ3n) is 3.11. The Hall–Kier alpha value is -2.05. The van der Waals surface area contributed by atoms with Crippen LogP contribution in [0.2, 0.25) is 5.02 Å². The Labute approximate surface area is 140 Å². The number of benzene rings is 2. The average Bonchev–Trinajstić information content (AvgIpc) is 2.46. The summed E-state index contributed by atoms with van der Waals surface area (Å²) in [6.45, 7) is 1.56. The van der Waals surface area contributed by atoms with Crippen molar-refractivity contribution >= 4 is 38.9 Å². The Balaban J connectivity index is 2.18. The van der Waals surface area contributed by atoms with Crippen LogP contribution in [-0.4, -0.2) is 27.1 Å². The second kappa shape index (κ2) is 7.02. The number of nitrogens with one attached hydrogen (secondary N) is 1. The Morgan fingerprint density at radius 2 is 1.83 bits per heavy atom. The Morgan fingerprint density at radius 3 is 2.39 bits per heavy atom. The van der Waals surface area contributed by atoms with Crippen molar-refractivity contribution in [2.45, 2.75) is 6.92 Å². The zero-order valence-electron chi connectivity index (χ0n) is 12.8. The molecule has 0 spiro atoms. The molecular weight excluding hydrogens is 336 g/mol. The normalized spacial score (nSPS) is 11.1. The van der Waals surface area contributed by atoms with E-state index in [4.69, 9.17) is 11.6 Å². The minimum absolute atomic E-state index is 0.301. The molecule has 0 heterocycles. The van der Waals surface area contributed by atoms with Crippen molar-refractivity contribution in [3.8, 4) is 0 Å². The van der Waals surface area contributed by atoms with Crippen LogP contribution in [0.25, 0.3) is 0 Å². The smallest absolute Gasteiger partial charge is 0.245 e. The van der Waals surface area contributed by atoms with Gasteiger partial charge in [0.2, 0.25) is 15.9 Å². The Morgan fingerprint density at radius 1 is 1.17 bits per heavy atom. The fourth-order valence-corrected chi connectivity index (χ4v) is 3.02. The summed E-state index contributed by atoms with van der Waals surface area (Å²) in [6.07, 6.45) is 1.07. The van der Waals surface area contributed by atoms with Crippen LogP contribution in [0.1, 0.15) is 5.56 Å². The molecule has 1 N–H and O–H groups in total. The van der Waals surface area contributed by atoms with Gasteiger partial charge in [-0.15, -0.1) is 0 Å². The predicted molar refractivity (Wildman–Crippen MR) is 93.5 cm³/mol. The van der Waals surface area contributed by atoms with Crippen LogP contribution < -0.4 is 9.62 Å². The lowest BCUT2D eigenvalue weighted by Gasteiger charge is -2.22. The van der Waals surface area contributed by atoms with Crippen LogP contribution in [0.15, 0.2) is 48.5 Å². The Bertz CT molecular complexity index is 804. The van der Waals surface area contributed by atoms with Crippen molar-refractivity contribution in [1.29, 1.82) is 0 Å². The van der Waals surface area contributed by atoms with Gasteiger partial charge < -0.3 is 5.32 Å². The monoisotopic (exact) mass is 352 g/mol. The molecule has 0 aliphatic heterocycles. The highest BCUT2D eigenvalue weighted by Crippen LogP contribution is 2.19. The summed E-state index contributed by atoms with van der Waals surface area (Å²) >= 11 is 5.79. The van der Waals surface area contributed by atoms with E-state index in [0.717, 1.165) is 16.1 Å². The van der Waals surface area contributed by atoms with Crippen LogP contribution >= 0.6 is 11.6 Å². The number of anilines is 2. The van der Waals surface area contributed by atoms with Gasteiger partial charge in [-0.25, -0.2) is 8.42 Å². The summed E-state index contributed by atoms with van der Waals surface area (Å²) in [6, 6.07) is 13.6. The molecule has 7 heteroatoms. The lowest BCUT2D eigenvalue weighted by atomic mass is 10.2. The minimum Gasteiger partial charge on any atom is -0.325 e. The van der Waals surface area contributed by atoms with Crippen LogP contribution in [0.3, 0.4) is 0 Å². The molecule has 0 saturated heterocycles. The highest BCUT2D eigenvalue weighted by molar-refractivity contribution is 7.92. The van der Waals surface area contributed by atoms with E-state index in [9.17, 15) is 13.2 Å². The van der Waals surface area contributed by atoms with Gasteiger partial charge in [-0.05, 0) is 48.9 Å². The van der Waals surface area contributed by atoms with Crippen molar-refractivity contribution < 1.29 is 13.2 Å². The van der Waals surface area contributed by atoms with E-state index in [-0.39, 0.29) is 6.54 Å². The number of carbonyl (C=O) groups is 1. The van der Waals surface area contributed by atoms with Crippen LogP contribution in [0, 0.1) is 6.92 Å². The highest BCUT2D eigenvalue weighted by Gasteiger charge is 2.20. The fourth-order valence-electron chi connectivity index (χ4n) is 2.05. The number of amides is 1. The SMILES string of the molecule is Cc1cccc(N(CC(=O)Nc2ccc(Cl)cc2)S(C)(=O)=O)c1. The van der Waals surface area contributed by atoms with Crippen LogP contribution in [0.4, 0.5) is 11.4 Å². The van der Waals surface area contributed by atoms with E-state index in [0.29, 0.717) is 16.4 Å². The van der Waals surface area contributed by atoms with Crippen molar-refractivity contribution in [3.05, 3.63) is 59.1 Å². The van der Waals surface area contributed by atoms with Gasteiger partial charge in [0, 0.05) is 10.7 Å². The molecule has 23 heavy (non-hydrogen) atoms. The summed E-state index contributed by atoms with van der Waals surface area (Å²) in [5, 5.41) is 3.21. The molecule has 1 amide bonds. The standard InChI is InChI=1S/C16H17ClN2O3S/c1-12-4-3-5-15(10-12)19(23(2,21)22)11-16(20)18-14-8-6-13(17)7-9-14/h3-10H,11H2,1-2H3,(H,18,20). The summed E-state index contributed by atoms with van der Waals surface area (Å²) in [5.41, 5.74) is 1.92. The maximum atomic E-state index is 12.2. The molecule has 0 unspecified atom stereocenters. The predicted octanol–water partition coefficient (Wildman–Crippen LogP) is 3.05. The van der Waals surface area contributed by atoms with Crippen molar-refractivity contribution in [1.82, 2.24) is 0 Å². The number of sulfonamides is 1. The van der Waals surface area contributed by atoms with Crippen molar-refractivity contribution in [2.24, 2.45) is 0 Å². The molecule has 0 fully saturated rings. The van der Waals surface area contributed by atoms with E-state index in [2.05, 4.69) is 5.32 Å². The third kappa shape index (κ3) is 4.97. The molecule has 2 aromatic rings. The number of carbonyl (C=O) groups excluding carboxylic acids is 1. The van der Waals surface area contributed by atoms with Crippen molar-refractivity contribution in [2.75, 3.05) is 22.4 Å². The highest BCUT2D eigenvalue weighted by atomic mass is 35.5. The first-order valence-corrected chi connectivity index (χ1v) is 9.08. The number of aryl methyl sites for hydroxylation is 1.